The van der Waals surface area contributed by atoms with E-state index in [1.54, 1.807) is 4.90 Å². The predicted molar refractivity (Wildman–Crippen MR) is 127 cm³/mol. The molecule has 0 aliphatic carbocycles. The van der Waals surface area contributed by atoms with E-state index in [4.69, 9.17) is 9.15 Å². The number of fused-ring (bicyclic) bond motifs is 1. The van der Waals surface area contributed by atoms with Gasteiger partial charge in [0.15, 0.2) is 12.3 Å². The quantitative estimate of drug-likeness (QED) is 0.607. The van der Waals surface area contributed by atoms with E-state index in [0.29, 0.717) is 17.3 Å². The van der Waals surface area contributed by atoms with Crippen LogP contribution in [0.2, 0.25) is 0 Å². The van der Waals surface area contributed by atoms with E-state index in [1.165, 1.54) is 11.8 Å². The normalized spacial score (nSPS) is 16.7. The summed E-state index contributed by atoms with van der Waals surface area (Å²) < 4.78 is 11.1. The molecule has 0 saturated carbocycles. The summed E-state index contributed by atoms with van der Waals surface area (Å²) in [5, 5.41) is 3.08. The lowest BCUT2D eigenvalue weighted by Crippen LogP contribution is -2.44. The molecule has 0 spiro atoms. The number of anilines is 1. The van der Waals surface area contributed by atoms with Crippen molar-refractivity contribution in [1.82, 2.24) is 15.2 Å². The minimum Gasteiger partial charge on any atom is -0.482 e. The fourth-order valence-corrected chi connectivity index (χ4v) is 4.44. The lowest BCUT2D eigenvalue weighted by atomic mass is 10.0. The minimum absolute atomic E-state index is 0.0346. The zero-order valence-corrected chi connectivity index (χ0v) is 19.2. The van der Waals surface area contributed by atoms with Gasteiger partial charge in [-0.05, 0) is 43.0 Å². The Kier molecular flexibility index (Phi) is 6.31. The number of amides is 2. The highest BCUT2D eigenvalue weighted by atomic mass is 16.5. The number of hydrogen-bond donors (Lipinski definition) is 1. The lowest BCUT2D eigenvalue weighted by molar-refractivity contribution is -0.121. The Labute approximate surface area is 198 Å². The van der Waals surface area contributed by atoms with Crippen LogP contribution in [0.5, 0.6) is 5.75 Å². The number of rotatable bonds is 6. The summed E-state index contributed by atoms with van der Waals surface area (Å²) in [6.07, 6.45) is 3.14. The Bertz CT molecular complexity index is 1170. The molecule has 2 aliphatic rings. The first kappa shape index (κ1) is 22.2. The number of nitrogens with one attached hydrogen (secondary N) is 1. The Balaban J connectivity index is 1.16. The SMILES string of the molecule is Cc1ccc2c(c1)N(Cc1nc(C(=O)NC3CCN(Cc4ccccc4)CC3)co1)C(=O)CO2. The van der Waals surface area contributed by atoms with Crippen LogP contribution in [0.25, 0.3) is 0 Å². The van der Waals surface area contributed by atoms with Crippen LogP contribution in [0.1, 0.15) is 40.3 Å². The summed E-state index contributed by atoms with van der Waals surface area (Å²) in [7, 11) is 0. The number of nitrogens with zero attached hydrogens (tertiary/aromatic N) is 3. The second kappa shape index (κ2) is 9.69. The van der Waals surface area contributed by atoms with Crippen LogP contribution >= 0.6 is 0 Å². The van der Waals surface area contributed by atoms with Crippen molar-refractivity contribution in [3.63, 3.8) is 0 Å². The van der Waals surface area contributed by atoms with E-state index in [1.807, 2.05) is 31.2 Å². The molecule has 34 heavy (non-hydrogen) atoms. The van der Waals surface area contributed by atoms with Gasteiger partial charge in [-0.2, -0.15) is 0 Å². The Hall–Kier alpha value is -3.65. The highest BCUT2D eigenvalue weighted by Crippen LogP contribution is 2.33. The number of hydrogen-bond acceptors (Lipinski definition) is 6. The molecule has 2 amide bonds. The largest absolute Gasteiger partial charge is 0.482 e. The van der Waals surface area contributed by atoms with Crippen molar-refractivity contribution in [2.75, 3.05) is 24.6 Å². The number of oxazole rings is 1. The molecule has 0 radical (unpaired) electrons. The molecule has 1 aromatic heterocycles. The van der Waals surface area contributed by atoms with Gasteiger partial charge in [-0.15, -0.1) is 0 Å². The van der Waals surface area contributed by atoms with Crippen LogP contribution in [0.15, 0.2) is 59.2 Å². The molecule has 8 heteroatoms. The maximum atomic E-state index is 12.8. The van der Waals surface area contributed by atoms with E-state index >= 15 is 0 Å². The third-order valence-electron chi connectivity index (χ3n) is 6.31. The lowest BCUT2D eigenvalue weighted by Gasteiger charge is -2.32. The molecule has 3 heterocycles. The maximum absolute atomic E-state index is 12.8. The fraction of sp³-hybridized carbons (Fsp3) is 0.346. The van der Waals surface area contributed by atoms with Gasteiger partial charge in [0.05, 0.1) is 5.69 Å². The first-order valence-electron chi connectivity index (χ1n) is 11.6. The number of likely N-dealkylation sites (tertiary alicyclic amines) is 1. The third-order valence-corrected chi connectivity index (χ3v) is 6.31. The molecule has 2 aliphatic heterocycles. The van der Waals surface area contributed by atoms with Crippen molar-refractivity contribution < 1.29 is 18.7 Å². The van der Waals surface area contributed by atoms with Gasteiger partial charge < -0.3 is 14.5 Å². The number of carbonyl (C=O) groups excluding carboxylic acids is 2. The van der Waals surface area contributed by atoms with Gasteiger partial charge in [0.1, 0.15) is 18.6 Å². The minimum atomic E-state index is -0.249. The van der Waals surface area contributed by atoms with Crippen LogP contribution in [-0.4, -0.2) is 47.4 Å². The summed E-state index contributed by atoms with van der Waals surface area (Å²) in [6, 6.07) is 16.2. The number of benzene rings is 2. The molecular formula is C26H28N4O4. The predicted octanol–water partition coefficient (Wildman–Crippen LogP) is 3.30. The molecule has 1 fully saturated rings. The molecule has 1 N–H and O–H groups in total. The topological polar surface area (TPSA) is 87.9 Å². The molecular weight excluding hydrogens is 432 g/mol. The average molecular weight is 461 g/mol. The third kappa shape index (κ3) is 4.97. The van der Waals surface area contributed by atoms with Crippen molar-refractivity contribution >= 4 is 17.5 Å². The van der Waals surface area contributed by atoms with Gasteiger partial charge in [-0.3, -0.25) is 19.4 Å². The van der Waals surface area contributed by atoms with Gasteiger partial charge in [0, 0.05) is 25.7 Å². The molecule has 8 nitrogen and oxygen atoms in total. The first-order chi connectivity index (χ1) is 16.5. The summed E-state index contributed by atoms with van der Waals surface area (Å²) >= 11 is 0. The number of piperidine rings is 1. The second-order valence-corrected chi connectivity index (χ2v) is 8.88. The molecule has 0 atom stereocenters. The van der Waals surface area contributed by atoms with Crippen molar-refractivity contribution in [2.24, 2.45) is 0 Å². The highest BCUT2D eigenvalue weighted by Gasteiger charge is 2.28. The summed E-state index contributed by atoms with van der Waals surface area (Å²) in [4.78, 5) is 33.6. The van der Waals surface area contributed by atoms with Crippen LogP contribution in [0.4, 0.5) is 5.69 Å². The Morgan fingerprint density at radius 2 is 1.91 bits per heavy atom. The van der Waals surface area contributed by atoms with Gasteiger partial charge in [0.2, 0.25) is 5.89 Å². The molecule has 3 aromatic rings. The van der Waals surface area contributed by atoms with Gasteiger partial charge in [-0.25, -0.2) is 4.98 Å². The smallest absolute Gasteiger partial charge is 0.273 e. The monoisotopic (exact) mass is 460 g/mol. The number of aryl methyl sites for hydroxylation is 1. The van der Waals surface area contributed by atoms with E-state index in [9.17, 15) is 9.59 Å². The average Bonchev–Trinajstić information content (AvgIpc) is 3.32. The van der Waals surface area contributed by atoms with Crippen molar-refractivity contribution in [1.29, 1.82) is 0 Å². The first-order valence-corrected chi connectivity index (χ1v) is 11.6. The number of ether oxygens (including phenoxy) is 1. The van der Waals surface area contributed by atoms with Gasteiger partial charge in [-0.1, -0.05) is 36.4 Å². The zero-order valence-electron chi connectivity index (χ0n) is 19.2. The summed E-state index contributed by atoms with van der Waals surface area (Å²) in [5.41, 5.74) is 3.23. The van der Waals surface area contributed by atoms with E-state index < -0.39 is 0 Å². The van der Waals surface area contributed by atoms with Crippen molar-refractivity contribution in [3.05, 3.63) is 77.5 Å². The van der Waals surface area contributed by atoms with Crippen LogP contribution in [-0.2, 0) is 17.9 Å². The zero-order chi connectivity index (χ0) is 23.5. The number of aromatic nitrogens is 1. The van der Waals surface area contributed by atoms with Crippen LogP contribution in [0, 0.1) is 6.92 Å². The molecule has 1 saturated heterocycles. The molecule has 0 bridgehead atoms. The molecule has 2 aromatic carbocycles. The van der Waals surface area contributed by atoms with E-state index in [2.05, 4.69) is 39.5 Å². The van der Waals surface area contributed by atoms with Crippen LogP contribution < -0.4 is 15.0 Å². The molecule has 5 rings (SSSR count). The van der Waals surface area contributed by atoms with Crippen molar-refractivity contribution in [3.8, 4) is 5.75 Å². The van der Waals surface area contributed by atoms with E-state index in [-0.39, 0.29) is 36.7 Å². The standard InChI is InChI=1S/C26H28N4O4/c1-18-7-8-23-22(13-18)30(25(31)17-33-23)15-24-28-21(16-34-24)26(32)27-20-9-11-29(12-10-20)14-19-5-3-2-4-6-19/h2-8,13,16,20H,9-12,14-15,17H2,1H3,(H,27,32). The molecule has 0 unspecified atom stereocenters. The fourth-order valence-electron chi connectivity index (χ4n) is 4.44. The second-order valence-electron chi connectivity index (χ2n) is 8.88. The highest BCUT2D eigenvalue weighted by molar-refractivity contribution is 5.97. The molecule has 176 valence electrons. The van der Waals surface area contributed by atoms with Crippen molar-refractivity contribution in [2.45, 2.75) is 38.9 Å². The maximum Gasteiger partial charge on any atom is 0.273 e. The van der Waals surface area contributed by atoms with Gasteiger partial charge >= 0.3 is 0 Å². The summed E-state index contributed by atoms with van der Waals surface area (Å²) in [5.74, 6) is 0.532. The van der Waals surface area contributed by atoms with Crippen LogP contribution in [0.3, 0.4) is 0 Å². The Morgan fingerprint density at radius 1 is 1.12 bits per heavy atom. The summed E-state index contributed by atoms with van der Waals surface area (Å²) in [6.45, 7) is 4.86. The van der Waals surface area contributed by atoms with Gasteiger partial charge in [0.25, 0.3) is 11.8 Å². The van der Waals surface area contributed by atoms with E-state index in [0.717, 1.165) is 38.0 Å². The number of carbonyl (C=O) groups is 2. The Morgan fingerprint density at radius 3 is 2.71 bits per heavy atom.